The van der Waals surface area contributed by atoms with E-state index in [1.165, 1.54) is 0 Å². The number of amides is 1. The summed E-state index contributed by atoms with van der Waals surface area (Å²) in [6, 6.07) is 8.28. The predicted molar refractivity (Wildman–Crippen MR) is 88.7 cm³/mol. The highest BCUT2D eigenvalue weighted by molar-refractivity contribution is 5.92. The lowest BCUT2D eigenvalue weighted by Gasteiger charge is -2.11. The molecule has 10 heteroatoms. The molecule has 27 heavy (non-hydrogen) atoms. The standard InChI is InChI=1S/C17H13F3N6O/c1-9-13(7-14(27)23-12-5-3-11(8-21)4-6-12)10(2)26-16(22-9)24-15(25-26)17(18,19)20/h3-6H,7H2,1-2H3,(H,23,27). The molecular formula is C17H13F3N6O. The van der Waals surface area contributed by atoms with E-state index in [9.17, 15) is 18.0 Å². The van der Waals surface area contributed by atoms with Crippen molar-refractivity contribution in [2.75, 3.05) is 5.32 Å². The molecule has 0 fully saturated rings. The third kappa shape index (κ3) is 3.72. The monoisotopic (exact) mass is 374 g/mol. The molecule has 0 bridgehead atoms. The van der Waals surface area contributed by atoms with Crippen molar-refractivity contribution in [3.8, 4) is 6.07 Å². The largest absolute Gasteiger partial charge is 0.453 e. The highest BCUT2D eigenvalue weighted by Gasteiger charge is 2.37. The molecule has 7 nitrogen and oxygen atoms in total. The molecule has 2 heterocycles. The molecule has 2 aromatic heterocycles. The fraction of sp³-hybridized carbons (Fsp3) is 0.235. The van der Waals surface area contributed by atoms with Gasteiger partial charge in [0.15, 0.2) is 0 Å². The number of fused-ring (bicyclic) bond motifs is 1. The van der Waals surface area contributed by atoms with Crippen LogP contribution in [-0.4, -0.2) is 25.5 Å². The van der Waals surface area contributed by atoms with Gasteiger partial charge in [-0.3, -0.25) is 4.79 Å². The fourth-order valence-corrected chi connectivity index (χ4v) is 2.58. The number of nitrogens with one attached hydrogen (secondary N) is 1. The second-order valence-electron chi connectivity index (χ2n) is 5.82. The van der Waals surface area contributed by atoms with Crippen molar-refractivity contribution in [1.82, 2.24) is 19.6 Å². The van der Waals surface area contributed by atoms with Crippen molar-refractivity contribution in [2.45, 2.75) is 26.4 Å². The van der Waals surface area contributed by atoms with Crippen molar-refractivity contribution in [3.63, 3.8) is 0 Å². The second-order valence-corrected chi connectivity index (χ2v) is 5.82. The molecular weight excluding hydrogens is 361 g/mol. The van der Waals surface area contributed by atoms with Gasteiger partial charge in [-0.2, -0.15) is 23.4 Å². The van der Waals surface area contributed by atoms with E-state index in [-0.39, 0.29) is 18.1 Å². The Bertz CT molecular complexity index is 1060. The summed E-state index contributed by atoms with van der Waals surface area (Å²) in [5, 5.41) is 14.9. The third-order valence-corrected chi connectivity index (χ3v) is 3.94. The normalized spacial score (nSPS) is 11.4. The first-order valence-corrected chi connectivity index (χ1v) is 7.79. The molecule has 1 aromatic carbocycles. The summed E-state index contributed by atoms with van der Waals surface area (Å²) in [5.41, 5.74) is 2.18. The van der Waals surface area contributed by atoms with Crippen LogP contribution in [0.1, 0.15) is 28.3 Å². The van der Waals surface area contributed by atoms with Crippen LogP contribution in [0.15, 0.2) is 24.3 Å². The molecule has 0 spiro atoms. The molecule has 0 saturated carbocycles. The Morgan fingerprint density at radius 1 is 1.22 bits per heavy atom. The maximum Gasteiger partial charge on any atom is 0.453 e. The Kier molecular flexibility index (Phi) is 4.53. The highest BCUT2D eigenvalue weighted by Crippen LogP contribution is 2.27. The average Bonchev–Trinajstić information content (AvgIpc) is 3.04. The number of carbonyl (C=O) groups is 1. The zero-order valence-corrected chi connectivity index (χ0v) is 14.3. The van der Waals surface area contributed by atoms with Crippen LogP contribution in [0.25, 0.3) is 5.78 Å². The first-order chi connectivity index (χ1) is 12.7. The minimum Gasteiger partial charge on any atom is -0.326 e. The lowest BCUT2D eigenvalue weighted by atomic mass is 10.1. The minimum absolute atomic E-state index is 0.0954. The van der Waals surface area contributed by atoms with Crippen molar-refractivity contribution < 1.29 is 18.0 Å². The molecule has 3 rings (SSSR count). The van der Waals surface area contributed by atoms with Crippen molar-refractivity contribution in [2.24, 2.45) is 0 Å². The van der Waals surface area contributed by atoms with Gasteiger partial charge < -0.3 is 5.32 Å². The molecule has 3 aromatic rings. The summed E-state index contributed by atoms with van der Waals surface area (Å²) < 4.78 is 39.4. The number of halogens is 3. The molecule has 1 N–H and O–H groups in total. The number of nitriles is 1. The zero-order valence-electron chi connectivity index (χ0n) is 14.3. The summed E-state index contributed by atoms with van der Waals surface area (Å²) >= 11 is 0. The van der Waals surface area contributed by atoms with Gasteiger partial charge in [0, 0.05) is 22.6 Å². The Morgan fingerprint density at radius 3 is 2.48 bits per heavy atom. The van der Waals surface area contributed by atoms with Gasteiger partial charge >= 0.3 is 6.18 Å². The number of benzene rings is 1. The minimum atomic E-state index is -4.68. The van der Waals surface area contributed by atoms with Crippen molar-refractivity contribution in [1.29, 1.82) is 5.26 Å². The molecule has 0 aliphatic rings. The van der Waals surface area contributed by atoms with E-state index in [0.29, 0.717) is 28.2 Å². The lowest BCUT2D eigenvalue weighted by Crippen LogP contribution is -2.17. The number of aromatic nitrogens is 4. The van der Waals surface area contributed by atoms with Crippen LogP contribution in [-0.2, 0) is 17.4 Å². The van der Waals surface area contributed by atoms with Crippen LogP contribution in [0, 0.1) is 25.2 Å². The van der Waals surface area contributed by atoms with Gasteiger partial charge in [-0.05, 0) is 38.1 Å². The number of carbonyl (C=O) groups excluding carboxylic acids is 1. The molecule has 1 amide bonds. The van der Waals surface area contributed by atoms with Crippen molar-refractivity contribution in [3.05, 3.63) is 52.6 Å². The maximum atomic E-state index is 12.8. The van der Waals surface area contributed by atoms with Crippen LogP contribution >= 0.6 is 0 Å². The predicted octanol–water partition coefficient (Wildman–Crippen LogP) is 2.81. The van der Waals surface area contributed by atoms with E-state index in [1.807, 2.05) is 6.07 Å². The second kappa shape index (κ2) is 6.68. The summed E-state index contributed by atoms with van der Waals surface area (Å²) in [6.45, 7) is 3.15. The number of aryl methyl sites for hydroxylation is 2. The fourth-order valence-electron chi connectivity index (χ4n) is 2.58. The SMILES string of the molecule is Cc1nc2nc(C(F)(F)F)nn2c(C)c1CC(=O)Nc1ccc(C#N)cc1. The zero-order chi connectivity index (χ0) is 19.8. The quantitative estimate of drug-likeness (QED) is 0.761. The molecule has 0 radical (unpaired) electrons. The Morgan fingerprint density at radius 2 is 1.89 bits per heavy atom. The smallest absolute Gasteiger partial charge is 0.326 e. The maximum absolute atomic E-state index is 12.8. The molecule has 0 atom stereocenters. The van der Waals surface area contributed by atoms with Gasteiger partial charge in [-0.1, -0.05) is 0 Å². The number of anilines is 1. The third-order valence-electron chi connectivity index (χ3n) is 3.94. The van der Waals surface area contributed by atoms with Gasteiger partial charge in [0.2, 0.25) is 5.91 Å². The number of alkyl halides is 3. The average molecular weight is 374 g/mol. The van der Waals surface area contributed by atoms with Gasteiger partial charge in [-0.15, -0.1) is 5.10 Å². The number of nitrogens with zero attached hydrogens (tertiary/aromatic N) is 5. The Hall–Kier alpha value is -3.48. The number of rotatable bonds is 3. The van der Waals surface area contributed by atoms with E-state index >= 15 is 0 Å². The van der Waals surface area contributed by atoms with Gasteiger partial charge in [0.25, 0.3) is 11.6 Å². The van der Waals surface area contributed by atoms with E-state index in [1.54, 1.807) is 38.1 Å². The van der Waals surface area contributed by atoms with Gasteiger partial charge in [-0.25, -0.2) is 9.50 Å². The first kappa shape index (κ1) is 18.3. The summed E-state index contributed by atoms with van der Waals surface area (Å²) in [6.07, 6.45) is -4.77. The highest BCUT2D eigenvalue weighted by atomic mass is 19.4. The summed E-state index contributed by atoms with van der Waals surface area (Å²) in [7, 11) is 0. The Balaban J connectivity index is 1.87. The molecule has 0 aliphatic carbocycles. The van der Waals surface area contributed by atoms with Crippen molar-refractivity contribution >= 4 is 17.4 Å². The van der Waals surface area contributed by atoms with E-state index in [0.717, 1.165) is 4.52 Å². The van der Waals surface area contributed by atoms with Crippen LogP contribution in [0.2, 0.25) is 0 Å². The lowest BCUT2D eigenvalue weighted by molar-refractivity contribution is -0.144. The first-order valence-electron chi connectivity index (χ1n) is 7.79. The van der Waals surface area contributed by atoms with E-state index in [2.05, 4.69) is 20.4 Å². The Labute approximate surface area is 151 Å². The van der Waals surface area contributed by atoms with Crippen LogP contribution < -0.4 is 5.32 Å². The van der Waals surface area contributed by atoms with E-state index < -0.39 is 12.0 Å². The molecule has 0 aliphatic heterocycles. The topological polar surface area (TPSA) is 96.0 Å². The van der Waals surface area contributed by atoms with Crippen LogP contribution in [0.4, 0.5) is 18.9 Å². The summed E-state index contributed by atoms with van der Waals surface area (Å²) in [4.78, 5) is 19.7. The van der Waals surface area contributed by atoms with E-state index in [4.69, 9.17) is 5.26 Å². The van der Waals surface area contributed by atoms with Crippen LogP contribution in [0.3, 0.4) is 0 Å². The number of hydrogen-bond acceptors (Lipinski definition) is 5. The molecule has 138 valence electrons. The van der Waals surface area contributed by atoms with Gasteiger partial charge in [0.05, 0.1) is 18.1 Å². The molecule has 0 unspecified atom stereocenters. The summed E-state index contributed by atoms with van der Waals surface area (Å²) in [5.74, 6) is -1.83. The van der Waals surface area contributed by atoms with Crippen LogP contribution in [0.5, 0.6) is 0 Å². The molecule has 0 saturated heterocycles. The van der Waals surface area contributed by atoms with Gasteiger partial charge in [0.1, 0.15) is 0 Å². The number of hydrogen-bond donors (Lipinski definition) is 1.